The first-order valence-electron chi connectivity index (χ1n) is 12.9. The molecular formula is C27H35ClF2N4O4. The van der Waals surface area contributed by atoms with Gasteiger partial charge in [-0.3, -0.25) is 9.59 Å². The first-order valence-corrected chi connectivity index (χ1v) is 13.3. The molecule has 38 heavy (non-hydrogen) atoms. The van der Waals surface area contributed by atoms with Crippen LogP contribution >= 0.6 is 11.6 Å². The van der Waals surface area contributed by atoms with E-state index in [0.717, 1.165) is 5.56 Å². The number of nitriles is 1. The van der Waals surface area contributed by atoms with E-state index in [1.165, 1.54) is 0 Å². The van der Waals surface area contributed by atoms with Crippen LogP contribution in [0.15, 0.2) is 24.3 Å². The van der Waals surface area contributed by atoms with Crippen LogP contribution in [0.2, 0.25) is 5.02 Å². The fourth-order valence-electron chi connectivity index (χ4n) is 4.89. The van der Waals surface area contributed by atoms with Crippen molar-refractivity contribution >= 4 is 29.5 Å². The van der Waals surface area contributed by atoms with E-state index in [1.807, 2.05) is 26.0 Å². The molecule has 3 atom stereocenters. The van der Waals surface area contributed by atoms with Crippen LogP contribution in [0.3, 0.4) is 0 Å². The molecule has 3 amide bonds. The molecule has 1 aromatic rings. The van der Waals surface area contributed by atoms with Crippen molar-refractivity contribution in [1.29, 1.82) is 5.26 Å². The Hall–Kier alpha value is -2.93. The van der Waals surface area contributed by atoms with Gasteiger partial charge in [-0.15, -0.1) is 0 Å². The minimum Gasteiger partial charge on any atom is -0.449 e. The first-order chi connectivity index (χ1) is 17.9. The molecule has 1 aliphatic carbocycles. The van der Waals surface area contributed by atoms with E-state index < -0.39 is 35.4 Å². The summed E-state index contributed by atoms with van der Waals surface area (Å²) in [6, 6.07) is 7.18. The molecule has 1 heterocycles. The summed E-state index contributed by atoms with van der Waals surface area (Å²) in [5.41, 5.74) is 0.297. The second-order valence-electron chi connectivity index (χ2n) is 10.9. The van der Waals surface area contributed by atoms with Crippen LogP contribution in [-0.4, -0.2) is 49.1 Å². The summed E-state index contributed by atoms with van der Waals surface area (Å²) in [6.45, 7) is 4.29. The topological polar surface area (TPSA) is 120 Å². The van der Waals surface area contributed by atoms with Crippen molar-refractivity contribution in [1.82, 2.24) is 16.0 Å². The SMILES string of the molecule is CC(C)(COC(=O)N[C@@H](CC1CCC(F)(F)CC1)C(=O)N[C@H](C#N)C[C@@H]1CCNC1=O)c1cccc(Cl)c1. The highest BCUT2D eigenvalue weighted by Crippen LogP contribution is 2.38. The molecule has 0 bridgehead atoms. The van der Waals surface area contributed by atoms with E-state index in [9.17, 15) is 28.4 Å². The normalized spacial score (nSPS) is 21.1. The number of hydrogen-bond acceptors (Lipinski definition) is 5. The van der Waals surface area contributed by atoms with E-state index in [2.05, 4.69) is 16.0 Å². The zero-order chi connectivity index (χ0) is 27.9. The summed E-state index contributed by atoms with van der Waals surface area (Å²) < 4.78 is 32.8. The summed E-state index contributed by atoms with van der Waals surface area (Å²) in [4.78, 5) is 37.8. The van der Waals surface area contributed by atoms with Gasteiger partial charge in [0.05, 0.1) is 6.07 Å². The Labute approximate surface area is 226 Å². The molecule has 8 nitrogen and oxygen atoms in total. The largest absolute Gasteiger partial charge is 0.449 e. The molecule has 0 unspecified atom stereocenters. The maximum absolute atomic E-state index is 13.7. The summed E-state index contributed by atoms with van der Waals surface area (Å²) in [5.74, 6) is -4.08. The third kappa shape index (κ3) is 8.55. The van der Waals surface area contributed by atoms with Crippen molar-refractivity contribution in [2.24, 2.45) is 11.8 Å². The van der Waals surface area contributed by atoms with Gasteiger partial charge in [0.25, 0.3) is 0 Å². The van der Waals surface area contributed by atoms with Gasteiger partial charge < -0.3 is 20.7 Å². The van der Waals surface area contributed by atoms with Crippen LogP contribution in [0.1, 0.15) is 64.4 Å². The molecule has 2 aliphatic rings. The first kappa shape index (κ1) is 29.6. The van der Waals surface area contributed by atoms with Gasteiger partial charge in [-0.2, -0.15) is 5.26 Å². The molecule has 1 aliphatic heterocycles. The van der Waals surface area contributed by atoms with E-state index in [0.29, 0.717) is 18.0 Å². The average molecular weight is 553 g/mol. The zero-order valence-electron chi connectivity index (χ0n) is 21.7. The quantitative estimate of drug-likeness (QED) is 0.396. The Balaban J connectivity index is 1.64. The molecule has 11 heteroatoms. The van der Waals surface area contributed by atoms with Crippen molar-refractivity contribution in [3.05, 3.63) is 34.9 Å². The van der Waals surface area contributed by atoms with Gasteiger partial charge in [-0.1, -0.05) is 37.6 Å². The molecular weight excluding hydrogens is 518 g/mol. The second-order valence-corrected chi connectivity index (χ2v) is 11.3. The average Bonchev–Trinajstić information content (AvgIpc) is 3.27. The Morgan fingerprint density at radius 1 is 1.24 bits per heavy atom. The highest BCUT2D eigenvalue weighted by Gasteiger charge is 2.37. The van der Waals surface area contributed by atoms with Gasteiger partial charge >= 0.3 is 6.09 Å². The molecule has 2 fully saturated rings. The lowest BCUT2D eigenvalue weighted by Crippen LogP contribution is -2.51. The van der Waals surface area contributed by atoms with E-state index in [1.54, 1.807) is 18.2 Å². The molecule has 1 saturated carbocycles. The Morgan fingerprint density at radius 3 is 2.55 bits per heavy atom. The Kier molecular flexibility index (Phi) is 9.94. The number of rotatable bonds is 10. The van der Waals surface area contributed by atoms with Gasteiger partial charge in [0.1, 0.15) is 18.7 Å². The number of nitrogens with zero attached hydrogens (tertiary/aromatic N) is 1. The van der Waals surface area contributed by atoms with Crippen molar-refractivity contribution in [2.75, 3.05) is 13.2 Å². The fraction of sp³-hybridized carbons (Fsp3) is 0.630. The minimum absolute atomic E-state index is 0.000772. The van der Waals surface area contributed by atoms with E-state index >= 15 is 0 Å². The third-order valence-electron chi connectivity index (χ3n) is 7.34. The maximum atomic E-state index is 13.7. The number of ether oxygens (including phenoxy) is 1. The molecule has 1 aromatic carbocycles. The number of carbonyl (C=O) groups is 3. The molecule has 0 radical (unpaired) electrons. The number of hydrogen-bond donors (Lipinski definition) is 3. The smallest absolute Gasteiger partial charge is 0.407 e. The summed E-state index contributed by atoms with van der Waals surface area (Å²) in [7, 11) is 0. The van der Waals surface area contributed by atoms with Crippen molar-refractivity contribution < 1.29 is 27.9 Å². The number of benzene rings is 1. The molecule has 1 saturated heterocycles. The summed E-state index contributed by atoms with van der Waals surface area (Å²) >= 11 is 6.09. The highest BCUT2D eigenvalue weighted by molar-refractivity contribution is 6.30. The summed E-state index contributed by atoms with van der Waals surface area (Å²) in [6.07, 6.45) is -0.0853. The molecule has 3 N–H and O–H groups in total. The lowest BCUT2D eigenvalue weighted by atomic mass is 9.82. The Bertz CT molecular complexity index is 1050. The van der Waals surface area contributed by atoms with Crippen LogP contribution in [0, 0.1) is 23.2 Å². The van der Waals surface area contributed by atoms with Crippen LogP contribution < -0.4 is 16.0 Å². The molecule has 208 valence electrons. The lowest BCUT2D eigenvalue weighted by molar-refractivity contribution is -0.125. The highest BCUT2D eigenvalue weighted by atomic mass is 35.5. The molecule has 0 aromatic heterocycles. The fourth-order valence-corrected chi connectivity index (χ4v) is 5.08. The van der Waals surface area contributed by atoms with Crippen molar-refractivity contribution in [2.45, 2.75) is 82.2 Å². The van der Waals surface area contributed by atoms with Crippen LogP contribution in [-0.2, 0) is 19.7 Å². The molecule has 0 spiro atoms. The predicted octanol–water partition coefficient (Wildman–Crippen LogP) is 4.46. The van der Waals surface area contributed by atoms with Crippen LogP contribution in [0.25, 0.3) is 0 Å². The van der Waals surface area contributed by atoms with Gasteiger partial charge in [0, 0.05) is 35.7 Å². The van der Waals surface area contributed by atoms with Gasteiger partial charge in [-0.25, -0.2) is 13.6 Å². The van der Waals surface area contributed by atoms with Gasteiger partial charge in [-0.05, 0) is 55.7 Å². The van der Waals surface area contributed by atoms with Gasteiger partial charge in [0.15, 0.2) is 0 Å². The van der Waals surface area contributed by atoms with Crippen molar-refractivity contribution in [3.63, 3.8) is 0 Å². The Morgan fingerprint density at radius 2 is 1.95 bits per heavy atom. The number of halogens is 3. The maximum Gasteiger partial charge on any atom is 0.407 e. The minimum atomic E-state index is -2.72. The monoisotopic (exact) mass is 552 g/mol. The standard InChI is InChI=1S/C27H35ClF2N4O4/c1-26(2,19-4-3-5-20(28)14-19)16-38-25(37)34-22(12-17-6-9-27(29,30)10-7-17)24(36)33-21(15-31)13-18-8-11-32-23(18)35/h3-5,14,17-18,21-22H,6-13,16H2,1-2H3,(H,32,35)(H,33,36)(H,34,37)/t18-,21-,22-/m0/s1. The van der Waals surface area contributed by atoms with Crippen molar-refractivity contribution in [3.8, 4) is 6.07 Å². The zero-order valence-corrected chi connectivity index (χ0v) is 22.5. The number of amides is 3. The van der Waals surface area contributed by atoms with E-state index in [-0.39, 0.29) is 62.9 Å². The van der Waals surface area contributed by atoms with Gasteiger partial charge in [0.2, 0.25) is 17.7 Å². The van der Waals surface area contributed by atoms with E-state index in [4.69, 9.17) is 16.3 Å². The number of alkyl carbamates (subject to hydrolysis) is 1. The predicted molar refractivity (Wildman–Crippen MR) is 138 cm³/mol. The van der Waals surface area contributed by atoms with Crippen LogP contribution in [0.4, 0.5) is 13.6 Å². The lowest BCUT2D eigenvalue weighted by Gasteiger charge is -2.31. The number of nitrogens with one attached hydrogen (secondary N) is 3. The number of carbonyl (C=O) groups excluding carboxylic acids is 3. The van der Waals surface area contributed by atoms with Crippen LogP contribution in [0.5, 0.6) is 0 Å². The summed E-state index contributed by atoms with van der Waals surface area (Å²) in [5, 5.41) is 18.0. The third-order valence-corrected chi connectivity index (χ3v) is 7.57. The number of alkyl halides is 2. The second kappa shape index (κ2) is 12.7. The molecule has 3 rings (SSSR count).